The van der Waals surface area contributed by atoms with Crippen LogP contribution in [-0.2, 0) is 17.8 Å². The molecule has 0 amide bonds. The zero-order valence-corrected chi connectivity index (χ0v) is 15.4. The highest BCUT2D eigenvalue weighted by Crippen LogP contribution is 2.40. The van der Waals surface area contributed by atoms with Crippen LogP contribution in [0.2, 0.25) is 0 Å². The molecular formula is C20H21N5O2. The number of allylic oxidation sites excluding steroid dienone is 2. The molecule has 4 rings (SSSR count). The molecule has 0 atom stereocenters. The number of carbonyl (C=O) groups is 1. The summed E-state index contributed by atoms with van der Waals surface area (Å²) in [6, 6.07) is 6.89. The van der Waals surface area contributed by atoms with Gasteiger partial charge in [-0.15, -0.1) is 0 Å². The van der Waals surface area contributed by atoms with Gasteiger partial charge in [-0.25, -0.2) is 14.2 Å². The predicted octanol–water partition coefficient (Wildman–Crippen LogP) is 2.30. The zero-order valence-electron chi connectivity index (χ0n) is 15.4. The van der Waals surface area contributed by atoms with Crippen LogP contribution in [-0.4, -0.2) is 30.2 Å². The molecule has 138 valence electrons. The van der Waals surface area contributed by atoms with E-state index in [-0.39, 0.29) is 29.7 Å². The molecule has 1 aliphatic rings. The lowest BCUT2D eigenvalue weighted by Gasteiger charge is -2.16. The first-order valence-corrected chi connectivity index (χ1v) is 8.97. The first-order chi connectivity index (χ1) is 12.9. The van der Waals surface area contributed by atoms with Crippen molar-refractivity contribution < 1.29 is 4.79 Å². The number of fused-ring (bicyclic) bond motifs is 1. The van der Waals surface area contributed by atoms with Crippen LogP contribution < -0.4 is 5.56 Å². The molecule has 0 bridgehead atoms. The molecule has 0 spiro atoms. The molecule has 0 fully saturated rings. The summed E-state index contributed by atoms with van der Waals surface area (Å²) < 4.78 is 2.90. The summed E-state index contributed by atoms with van der Waals surface area (Å²) in [4.78, 5) is 28.8. The average Bonchev–Trinajstić information content (AvgIpc) is 3.22. The molecule has 0 aromatic carbocycles. The van der Waals surface area contributed by atoms with Gasteiger partial charge in [0.05, 0.1) is 5.69 Å². The Bertz CT molecular complexity index is 1110. The van der Waals surface area contributed by atoms with E-state index in [2.05, 4.69) is 35.1 Å². The van der Waals surface area contributed by atoms with E-state index in [0.717, 1.165) is 29.7 Å². The third kappa shape index (κ3) is 3.72. The lowest BCUT2D eigenvalue weighted by atomic mass is 9.89. The second kappa shape index (κ2) is 6.57. The molecule has 0 aliphatic heterocycles. The fourth-order valence-corrected chi connectivity index (χ4v) is 3.41. The van der Waals surface area contributed by atoms with E-state index >= 15 is 0 Å². The molecule has 3 heterocycles. The smallest absolute Gasteiger partial charge is 0.267 e. The van der Waals surface area contributed by atoms with Crippen molar-refractivity contribution in [2.24, 2.45) is 5.41 Å². The van der Waals surface area contributed by atoms with Gasteiger partial charge in [0.15, 0.2) is 11.4 Å². The molecule has 27 heavy (non-hydrogen) atoms. The van der Waals surface area contributed by atoms with E-state index in [9.17, 15) is 9.59 Å². The van der Waals surface area contributed by atoms with Gasteiger partial charge in [0.1, 0.15) is 12.9 Å². The van der Waals surface area contributed by atoms with Crippen LogP contribution >= 0.6 is 0 Å². The quantitative estimate of drug-likeness (QED) is 0.695. The van der Waals surface area contributed by atoms with Gasteiger partial charge in [-0.05, 0) is 47.6 Å². The Morgan fingerprint density at radius 3 is 2.89 bits per heavy atom. The van der Waals surface area contributed by atoms with Crippen LogP contribution in [0.5, 0.6) is 0 Å². The Morgan fingerprint density at radius 1 is 1.26 bits per heavy atom. The predicted molar refractivity (Wildman–Crippen MR) is 101 cm³/mol. The average molecular weight is 363 g/mol. The summed E-state index contributed by atoms with van der Waals surface area (Å²) in [7, 11) is 0. The summed E-state index contributed by atoms with van der Waals surface area (Å²) in [5.74, 6) is -0.0775. The molecule has 3 aromatic rings. The van der Waals surface area contributed by atoms with E-state index in [0.29, 0.717) is 5.65 Å². The number of aromatic nitrogens is 5. The number of carbonyl (C=O) groups excluding carboxylic acids is 1. The molecule has 0 N–H and O–H groups in total. The van der Waals surface area contributed by atoms with Crippen molar-refractivity contribution in [2.75, 3.05) is 0 Å². The largest absolute Gasteiger partial charge is 0.297 e. The maximum Gasteiger partial charge on any atom is 0.267 e. The van der Waals surface area contributed by atoms with Crippen LogP contribution in [0, 0.1) is 5.41 Å². The van der Waals surface area contributed by atoms with Gasteiger partial charge in [0.2, 0.25) is 0 Å². The topological polar surface area (TPSA) is 82.2 Å². The van der Waals surface area contributed by atoms with Crippen molar-refractivity contribution in [1.82, 2.24) is 24.4 Å². The molecular weight excluding hydrogens is 342 g/mol. The molecule has 0 radical (unpaired) electrons. The highest BCUT2D eigenvalue weighted by Gasteiger charge is 2.26. The van der Waals surface area contributed by atoms with Crippen LogP contribution in [0.15, 0.2) is 47.7 Å². The summed E-state index contributed by atoms with van der Waals surface area (Å²) >= 11 is 0. The number of nitrogens with zero attached hydrogens (tertiary/aromatic N) is 5. The molecule has 7 nitrogen and oxygen atoms in total. The normalized spacial score (nSPS) is 15.9. The van der Waals surface area contributed by atoms with Crippen molar-refractivity contribution >= 4 is 17.0 Å². The van der Waals surface area contributed by atoms with Crippen LogP contribution in [0.25, 0.3) is 11.2 Å². The molecule has 0 unspecified atom stereocenters. The lowest BCUT2D eigenvalue weighted by Crippen LogP contribution is -2.27. The number of pyridine rings is 1. The number of Topliss-reactive ketones (excluding diaryl/α,β-unsaturated/α-hetero) is 1. The number of ketones is 1. The standard InChI is InChI=1S/C20H21N5O2/c1-20(2)7-5-15(11-20)17-3-4-19(27)25(23-17)12-16(26)9-14-6-8-24-18(10-14)21-13-22-24/h3-6,8,10,13H,7,9,11-12H2,1-2H3. The Balaban J connectivity index is 1.50. The zero-order chi connectivity index (χ0) is 19.0. The van der Waals surface area contributed by atoms with E-state index < -0.39 is 0 Å². The summed E-state index contributed by atoms with van der Waals surface area (Å²) in [6.07, 6.45) is 7.54. The third-order valence-electron chi connectivity index (χ3n) is 4.84. The van der Waals surface area contributed by atoms with Gasteiger partial charge in [-0.2, -0.15) is 10.2 Å². The van der Waals surface area contributed by atoms with Gasteiger partial charge in [-0.3, -0.25) is 9.59 Å². The van der Waals surface area contributed by atoms with Gasteiger partial charge in [0.25, 0.3) is 5.56 Å². The fraction of sp³-hybridized carbons (Fsp3) is 0.350. The Hall–Kier alpha value is -3.09. The summed E-state index contributed by atoms with van der Waals surface area (Å²) in [6.45, 7) is 4.38. The second-order valence-corrected chi connectivity index (χ2v) is 7.80. The van der Waals surface area contributed by atoms with Gasteiger partial charge >= 0.3 is 0 Å². The second-order valence-electron chi connectivity index (χ2n) is 7.80. The van der Waals surface area contributed by atoms with E-state index in [1.165, 1.54) is 17.1 Å². The van der Waals surface area contributed by atoms with E-state index in [1.54, 1.807) is 16.8 Å². The maximum atomic E-state index is 12.5. The van der Waals surface area contributed by atoms with Gasteiger partial charge < -0.3 is 0 Å². The van der Waals surface area contributed by atoms with Crippen molar-refractivity contribution in [3.63, 3.8) is 0 Å². The maximum absolute atomic E-state index is 12.5. The minimum atomic E-state index is -0.266. The van der Waals surface area contributed by atoms with Crippen LogP contribution in [0.1, 0.15) is 37.9 Å². The van der Waals surface area contributed by atoms with Crippen LogP contribution in [0.4, 0.5) is 0 Å². The Morgan fingerprint density at radius 2 is 2.11 bits per heavy atom. The van der Waals surface area contributed by atoms with E-state index in [4.69, 9.17) is 0 Å². The Labute approximate surface area is 156 Å². The summed E-state index contributed by atoms with van der Waals surface area (Å²) in [5, 5.41) is 8.47. The minimum absolute atomic E-state index is 0.0405. The fourth-order valence-electron chi connectivity index (χ4n) is 3.41. The number of hydrogen-bond acceptors (Lipinski definition) is 5. The van der Waals surface area contributed by atoms with Crippen molar-refractivity contribution in [2.45, 2.75) is 39.7 Å². The minimum Gasteiger partial charge on any atom is -0.297 e. The highest BCUT2D eigenvalue weighted by molar-refractivity contribution is 5.80. The SMILES string of the molecule is CC1(C)CC=C(c2ccc(=O)n(CC(=O)Cc3ccn4ncnc4c3)n2)C1. The van der Waals surface area contributed by atoms with Gasteiger partial charge in [-0.1, -0.05) is 19.9 Å². The third-order valence-corrected chi connectivity index (χ3v) is 4.84. The highest BCUT2D eigenvalue weighted by atomic mass is 16.1. The summed E-state index contributed by atoms with van der Waals surface area (Å²) in [5.41, 5.74) is 3.39. The number of rotatable bonds is 5. The first kappa shape index (κ1) is 17.3. The molecule has 3 aromatic heterocycles. The van der Waals surface area contributed by atoms with Gasteiger partial charge in [0, 0.05) is 18.7 Å². The molecule has 1 aliphatic carbocycles. The van der Waals surface area contributed by atoms with Crippen molar-refractivity contribution in [3.8, 4) is 0 Å². The van der Waals surface area contributed by atoms with Crippen molar-refractivity contribution in [1.29, 1.82) is 0 Å². The van der Waals surface area contributed by atoms with Crippen LogP contribution in [0.3, 0.4) is 0 Å². The molecule has 0 saturated carbocycles. The number of hydrogen-bond donors (Lipinski definition) is 0. The lowest BCUT2D eigenvalue weighted by molar-refractivity contribution is -0.119. The van der Waals surface area contributed by atoms with E-state index in [1.807, 2.05) is 12.1 Å². The first-order valence-electron chi connectivity index (χ1n) is 8.97. The van der Waals surface area contributed by atoms with Crippen molar-refractivity contribution in [3.05, 3.63) is 64.5 Å². The monoisotopic (exact) mass is 363 g/mol. The molecule has 0 saturated heterocycles. The molecule has 7 heteroatoms. The Kier molecular flexibility index (Phi) is 4.22.